The molecule has 0 aliphatic rings. The fourth-order valence-corrected chi connectivity index (χ4v) is 2.52. The summed E-state index contributed by atoms with van der Waals surface area (Å²) in [7, 11) is -3.27. The van der Waals surface area contributed by atoms with Gasteiger partial charge in [-0.1, -0.05) is 0 Å². The Morgan fingerprint density at radius 1 is 1.54 bits per heavy atom. The zero-order valence-corrected chi connectivity index (χ0v) is 9.62. The van der Waals surface area contributed by atoms with Gasteiger partial charge < -0.3 is 5.11 Å². The van der Waals surface area contributed by atoms with E-state index in [4.69, 9.17) is 5.11 Å². The second kappa shape index (κ2) is 6.64. The summed E-state index contributed by atoms with van der Waals surface area (Å²) in [5, 5.41) is 8.47. The molecule has 0 saturated heterocycles. The SMILES string of the molecule is CSCCC(C)NS(=O)(=O)CCO. The van der Waals surface area contributed by atoms with Gasteiger partial charge in [0.1, 0.15) is 0 Å². The van der Waals surface area contributed by atoms with Crippen molar-refractivity contribution in [2.75, 3.05) is 24.4 Å². The molecule has 0 aliphatic carbocycles. The lowest BCUT2D eigenvalue weighted by Crippen LogP contribution is -2.35. The van der Waals surface area contributed by atoms with Crippen molar-refractivity contribution >= 4 is 21.8 Å². The first kappa shape index (κ1) is 13.2. The van der Waals surface area contributed by atoms with Crippen molar-refractivity contribution in [1.29, 1.82) is 0 Å². The summed E-state index contributed by atoms with van der Waals surface area (Å²) in [4.78, 5) is 0. The lowest BCUT2D eigenvalue weighted by atomic mass is 10.3. The Kier molecular flexibility index (Phi) is 6.75. The van der Waals surface area contributed by atoms with Crippen molar-refractivity contribution in [3.63, 3.8) is 0 Å². The van der Waals surface area contributed by atoms with Crippen LogP contribution >= 0.6 is 11.8 Å². The van der Waals surface area contributed by atoms with Gasteiger partial charge in [-0.2, -0.15) is 11.8 Å². The topological polar surface area (TPSA) is 66.4 Å². The maximum Gasteiger partial charge on any atom is 0.214 e. The molecule has 1 unspecified atom stereocenters. The molecule has 0 aromatic rings. The molecule has 0 bridgehead atoms. The van der Waals surface area contributed by atoms with Gasteiger partial charge >= 0.3 is 0 Å². The minimum absolute atomic E-state index is 0.0519. The molecule has 4 nitrogen and oxygen atoms in total. The second-order valence-corrected chi connectivity index (χ2v) is 5.70. The average molecular weight is 227 g/mol. The quantitative estimate of drug-likeness (QED) is 0.644. The minimum Gasteiger partial charge on any atom is -0.395 e. The highest BCUT2D eigenvalue weighted by molar-refractivity contribution is 7.98. The molecule has 0 spiro atoms. The smallest absolute Gasteiger partial charge is 0.214 e. The molecule has 0 radical (unpaired) electrons. The van der Waals surface area contributed by atoms with Gasteiger partial charge in [-0.3, -0.25) is 0 Å². The van der Waals surface area contributed by atoms with E-state index in [-0.39, 0.29) is 18.4 Å². The van der Waals surface area contributed by atoms with Crippen molar-refractivity contribution in [2.24, 2.45) is 0 Å². The molecule has 0 aromatic carbocycles. The van der Waals surface area contributed by atoms with Crippen LogP contribution in [0.3, 0.4) is 0 Å². The second-order valence-electron chi connectivity index (χ2n) is 2.84. The minimum atomic E-state index is -3.27. The summed E-state index contributed by atoms with van der Waals surface area (Å²) in [6.07, 6.45) is 2.79. The van der Waals surface area contributed by atoms with Crippen LogP contribution in [0.5, 0.6) is 0 Å². The molecule has 0 fully saturated rings. The fourth-order valence-electron chi connectivity index (χ4n) is 0.839. The molecule has 2 N–H and O–H groups in total. The summed E-state index contributed by atoms with van der Waals surface area (Å²) in [5.74, 6) is 0.722. The number of nitrogens with one attached hydrogen (secondary N) is 1. The van der Waals surface area contributed by atoms with Crippen LogP contribution in [-0.2, 0) is 10.0 Å². The van der Waals surface area contributed by atoms with Gasteiger partial charge in [0.25, 0.3) is 0 Å². The van der Waals surface area contributed by atoms with E-state index in [2.05, 4.69) is 4.72 Å². The monoisotopic (exact) mass is 227 g/mol. The molecule has 0 amide bonds. The van der Waals surface area contributed by atoms with E-state index in [1.165, 1.54) is 0 Å². The van der Waals surface area contributed by atoms with Gasteiger partial charge in [0, 0.05) is 6.04 Å². The first-order chi connectivity index (χ1) is 6.02. The molecule has 0 aliphatic heterocycles. The molecule has 13 heavy (non-hydrogen) atoms. The van der Waals surface area contributed by atoms with E-state index >= 15 is 0 Å². The largest absolute Gasteiger partial charge is 0.395 e. The Morgan fingerprint density at radius 3 is 2.62 bits per heavy atom. The molecule has 0 saturated carbocycles. The third kappa shape index (κ3) is 7.30. The molecule has 0 aromatic heterocycles. The number of hydrogen-bond donors (Lipinski definition) is 2. The average Bonchev–Trinajstić information content (AvgIpc) is 1.99. The fraction of sp³-hybridized carbons (Fsp3) is 1.00. The third-order valence-corrected chi connectivity index (χ3v) is 3.62. The van der Waals surface area contributed by atoms with Gasteiger partial charge in [0.15, 0.2) is 0 Å². The molecular weight excluding hydrogens is 210 g/mol. The number of sulfonamides is 1. The van der Waals surface area contributed by atoms with Crippen molar-refractivity contribution in [1.82, 2.24) is 4.72 Å². The zero-order valence-electron chi connectivity index (χ0n) is 7.99. The number of hydrogen-bond acceptors (Lipinski definition) is 4. The van der Waals surface area contributed by atoms with Gasteiger partial charge in [-0.05, 0) is 25.4 Å². The number of rotatable bonds is 7. The van der Waals surface area contributed by atoms with Crippen LogP contribution in [0.1, 0.15) is 13.3 Å². The van der Waals surface area contributed by atoms with Crippen molar-refractivity contribution < 1.29 is 13.5 Å². The molecular formula is C7H17NO3S2. The van der Waals surface area contributed by atoms with E-state index in [1.807, 2.05) is 13.2 Å². The van der Waals surface area contributed by atoms with E-state index < -0.39 is 10.0 Å². The van der Waals surface area contributed by atoms with Crippen LogP contribution in [0.15, 0.2) is 0 Å². The highest BCUT2D eigenvalue weighted by Crippen LogP contribution is 2.01. The van der Waals surface area contributed by atoms with Gasteiger partial charge in [-0.15, -0.1) is 0 Å². The number of aliphatic hydroxyl groups is 1. The highest BCUT2D eigenvalue weighted by Gasteiger charge is 2.12. The van der Waals surface area contributed by atoms with E-state index in [0.717, 1.165) is 12.2 Å². The van der Waals surface area contributed by atoms with E-state index in [1.54, 1.807) is 11.8 Å². The Morgan fingerprint density at radius 2 is 2.15 bits per heavy atom. The summed E-state index contributed by atoms with van der Waals surface area (Å²) in [5.41, 5.74) is 0. The number of thioether (sulfide) groups is 1. The van der Waals surface area contributed by atoms with Crippen LogP contribution < -0.4 is 4.72 Å². The van der Waals surface area contributed by atoms with Crippen LogP contribution in [0.2, 0.25) is 0 Å². The van der Waals surface area contributed by atoms with Gasteiger partial charge in [-0.25, -0.2) is 13.1 Å². The molecule has 1 atom stereocenters. The molecule has 80 valence electrons. The Bertz CT molecular complexity index is 216. The standard InChI is InChI=1S/C7H17NO3S2/c1-7(3-5-12-2)8-13(10,11)6-4-9/h7-9H,3-6H2,1-2H3. The lowest BCUT2D eigenvalue weighted by molar-refractivity contribution is 0.319. The maximum atomic E-state index is 11.1. The Balaban J connectivity index is 3.82. The Labute approximate surface area is 84.2 Å². The normalized spacial score (nSPS) is 14.4. The summed E-state index contributed by atoms with van der Waals surface area (Å²) in [6.45, 7) is 1.50. The van der Waals surface area contributed by atoms with Crippen LogP contribution in [0.25, 0.3) is 0 Å². The van der Waals surface area contributed by atoms with Crippen molar-refractivity contribution in [3.8, 4) is 0 Å². The maximum absolute atomic E-state index is 11.1. The lowest BCUT2D eigenvalue weighted by Gasteiger charge is -2.12. The molecule has 0 rings (SSSR count). The van der Waals surface area contributed by atoms with E-state index in [9.17, 15) is 8.42 Å². The molecule has 6 heteroatoms. The Hall–Kier alpha value is 0.220. The summed E-state index contributed by atoms with van der Waals surface area (Å²) in [6, 6.07) is -0.0519. The van der Waals surface area contributed by atoms with Crippen molar-refractivity contribution in [3.05, 3.63) is 0 Å². The molecule has 0 heterocycles. The summed E-state index contributed by atoms with van der Waals surface area (Å²) < 4.78 is 24.7. The van der Waals surface area contributed by atoms with Gasteiger partial charge in [0.2, 0.25) is 10.0 Å². The third-order valence-electron chi connectivity index (χ3n) is 1.50. The predicted octanol–water partition coefficient (Wildman–Crippen LogP) is 0.0397. The van der Waals surface area contributed by atoms with Gasteiger partial charge in [0.05, 0.1) is 12.4 Å². The first-order valence-corrected chi connectivity index (χ1v) is 7.16. The predicted molar refractivity (Wildman–Crippen MR) is 56.5 cm³/mol. The summed E-state index contributed by atoms with van der Waals surface area (Å²) >= 11 is 1.69. The van der Waals surface area contributed by atoms with E-state index in [0.29, 0.717) is 0 Å². The highest BCUT2D eigenvalue weighted by atomic mass is 32.2. The zero-order chi connectivity index (χ0) is 10.3. The number of aliphatic hydroxyl groups excluding tert-OH is 1. The van der Waals surface area contributed by atoms with Crippen LogP contribution in [-0.4, -0.2) is 43.9 Å². The first-order valence-electron chi connectivity index (χ1n) is 4.11. The van der Waals surface area contributed by atoms with Crippen LogP contribution in [0, 0.1) is 0 Å². The van der Waals surface area contributed by atoms with Crippen molar-refractivity contribution in [2.45, 2.75) is 19.4 Å². The van der Waals surface area contributed by atoms with Crippen LogP contribution in [0.4, 0.5) is 0 Å².